The lowest BCUT2D eigenvalue weighted by Crippen LogP contribution is -1.53. The fourth-order valence-electron chi connectivity index (χ4n) is 0. The Morgan fingerprint density at radius 1 is 1.29 bits per heavy atom. The lowest BCUT2D eigenvalue weighted by molar-refractivity contribution is 0.399. The molecular weight excluding hydrogens is 187 g/mol. The van der Waals surface area contributed by atoms with E-state index in [2.05, 4.69) is 0 Å². The quantitative estimate of drug-likeness (QED) is 0.425. The van der Waals surface area contributed by atoms with Crippen molar-refractivity contribution in [3.05, 3.63) is 0 Å². The van der Waals surface area contributed by atoms with E-state index in [1.807, 2.05) is 15.5 Å². The molecule has 0 unspecified atom stereocenters. The summed E-state index contributed by atoms with van der Waals surface area (Å²) < 4.78 is 9.24. The minimum atomic E-state index is -3.83. The molecule has 7 heavy (non-hydrogen) atoms. The van der Waals surface area contributed by atoms with Gasteiger partial charge in [-0.25, -0.2) is 4.57 Å². The maximum atomic E-state index is 9.24. The van der Waals surface area contributed by atoms with Gasteiger partial charge in [-0.2, -0.15) is 0 Å². The second kappa shape index (κ2) is 4.70. The highest BCUT2D eigenvalue weighted by Crippen LogP contribution is 2.43. The van der Waals surface area contributed by atoms with Gasteiger partial charge < -0.3 is 22.1 Å². The summed E-state index contributed by atoms with van der Waals surface area (Å²) in [5.41, 5.74) is 0. The van der Waals surface area contributed by atoms with E-state index in [-0.39, 0.29) is 12.3 Å². The molecule has 0 amide bonds. The maximum Gasteiger partial charge on any atom is 0.391 e. The first kappa shape index (κ1) is 15.6. The molecule has 5 nitrogen and oxygen atoms in total. The Balaban J connectivity index is -0.0000000800. The highest BCUT2D eigenvalue weighted by Gasteiger charge is 1.99. The lowest BCUT2D eigenvalue weighted by Gasteiger charge is -1.81. The highest BCUT2D eigenvalue weighted by atomic mass is 79.9. The zero-order valence-electron chi connectivity index (χ0n) is 3.54. The van der Waals surface area contributed by atoms with Crippen LogP contribution < -0.4 is 12.3 Å². The van der Waals surface area contributed by atoms with Gasteiger partial charge in [0, 0.05) is 15.5 Å². The Morgan fingerprint density at radius 3 is 1.29 bits per heavy atom. The second-order valence-electron chi connectivity index (χ2n) is 0.473. The van der Waals surface area contributed by atoms with Gasteiger partial charge in [-0.15, -0.1) is 0 Å². The van der Waals surface area contributed by atoms with E-state index in [1.54, 1.807) is 0 Å². The Morgan fingerprint density at radius 2 is 1.29 bits per heavy atom. The van der Waals surface area contributed by atoms with Gasteiger partial charge >= 0.3 is 6.30 Å². The first-order valence-electron chi connectivity index (χ1n) is 0.752. The van der Waals surface area contributed by atoms with Crippen molar-refractivity contribution >= 4 is 21.8 Å². The molecule has 8 N–H and O–H groups in total. The van der Waals surface area contributed by atoms with Crippen molar-refractivity contribution < 1.29 is 14.4 Å². The smallest absolute Gasteiger partial charge is 0.344 e. The predicted molar refractivity (Wildman–Crippen MR) is 31.0 cm³/mol. The Hall–Kier alpha value is 0.550. The van der Waals surface area contributed by atoms with E-state index in [0.717, 1.165) is 0 Å². The zero-order chi connectivity index (χ0) is 4.50. The number of hydrogen-bond acceptors (Lipinski definition) is 3. The van der Waals surface area contributed by atoms with Crippen LogP contribution in [-0.2, 0) is 4.57 Å². The first-order chi connectivity index (χ1) is 2.00. The van der Waals surface area contributed by atoms with Crippen LogP contribution in [0, 0.1) is 0 Å². The van der Waals surface area contributed by atoms with Gasteiger partial charge in [0.1, 0.15) is 0 Å². The Labute approximate surface area is 49.2 Å². The number of hydrogen-bond donors (Lipinski definition) is 4. The molecule has 0 heterocycles. The van der Waals surface area contributed by atoms with Crippen molar-refractivity contribution in [2.75, 3.05) is 0 Å². The summed E-state index contributed by atoms with van der Waals surface area (Å²) in [6, 6.07) is 0. The van der Waals surface area contributed by atoms with Gasteiger partial charge in [0.25, 0.3) is 0 Å². The summed E-state index contributed by atoms with van der Waals surface area (Å²) in [6.07, 6.45) is -3.83. The lowest BCUT2D eigenvalue weighted by atomic mass is 14.0. The van der Waals surface area contributed by atoms with Gasteiger partial charge in [-0.3, -0.25) is 0 Å². The zero-order valence-corrected chi connectivity index (χ0v) is 6.02. The molecule has 0 saturated carbocycles. The van der Waals surface area contributed by atoms with Crippen LogP contribution in [0.2, 0.25) is 0 Å². The van der Waals surface area contributed by atoms with Crippen LogP contribution in [0.4, 0.5) is 0 Å². The van der Waals surface area contributed by atoms with E-state index < -0.39 is 6.30 Å². The topological polar surface area (TPSA) is 128 Å². The van der Waals surface area contributed by atoms with Gasteiger partial charge in [0.2, 0.25) is 0 Å². The fraction of sp³-hybridized carbons (Fsp3) is 0. The van der Waals surface area contributed by atoms with E-state index in [0.29, 0.717) is 0 Å². The summed E-state index contributed by atoms with van der Waals surface area (Å²) in [7, 11) is 0. The Bertz CT molecular complexity index is 59.1. The van der Waals surface area contributed by atoms with Gasteiger partial charge in [-0.05, 0) is 0 Å². The molecule has 0 atom stereocenters. The van der Waals surface area contributed by atoms with Crippen molar-refractivity contribution in [3.8, 4) is 0 Å². The molecule has 0 saturated heterocycles. The highest BCUT2D eigenvalue weighted by molar-refractivity contribution is 9.39. The minimum Gasteiger partial charge on any atom is -0.344 e. The van der Waals surface area contributed by atoms with E-state index in [4.69, 9.17) is 9.79 Å². The third kappa shape index (κ3) is 448. The molecule has 0 aromatic rings. The molecule has 0 fully saturated rings. The van der Waals surface area contributed by atoms with Crippen LogP contribution >= 0.6 is 21.8 Å². The summed E-state index contributed by atoms with van der Waals surface area (Å²) in [5.74, 6) is 0. The van der Waals surface area contributed by atoms with Crippen molar-refractivity contribution in [1.82, 2.24) is 12.3 Å². The minimum absolute atomic E-state index is 0. The number of rotatable bonds is 0. The molecule has 0 radical (unpaired) electrons. The van der Waals surface area contributed by atoms with E-state index in [1.165, 1.54) is 0 Å². The molecule has 0 spiro atoms. The largest absolute Gasteiger partial charge is 0.391 e. The van der Waals surface area contributed by atoms with Crippen molar-refractivity contribution in [1.29, 1.82) is 0 Å². The van der Waals surface area contributed by atoms with Crippen LogP contribution in [0.15, 0.2) is 0 Å². The molecule has 0 bridgehead atoms. The van der Waals surface area contributed by atoms with Crippen LogP contribution in [0.1, 0.15) is 0 Å². The van der Waals surface area contributed by atoms with Gasteiger partial charge in [0.05, 0.1) is 0 Å². The van der Waals surface area contributed by atoms with Gasteiger partial charge in [0.15, 0.2) is 0 Å². The third-order valence-corrected chi connectivity index (χ3v) is 0. The standard InChI is InChI=1S/BrH2O3P.2H3N/c1-5(2,3)4;;/h(H2,2,3,4);2*1H3. The number of halogens is 1. The molecule has 0 aliphatic heterocycles. The Kier molecular flexibility index (Phi) is 10.5. The maximum absolute atomic E-state index is 9.24. The monoisotopic (exact) mass is 194 g/mol. The molecule has 0 aliphatic rings. The molecule has 0 rings (SSSR count). The normalized spacial score (nSPS) is 8.43. The van der Waals surface area contributed by atoms with E-state index in [9.17, 15) is 4.57 Å². The molecule has 7 heteroatoms. The molecule has 0 aliphatic carbocycles. The molecule has 0 aromatic carbocycles. The van der Waals surface area contributed by atoms with Crippen molar-refractivity contribution in [2.24, 2.45) is 0 Å². The summed E-state index contributed by atoms with van der Waals surface area (Å²) in [4.78, 5) is 15.1. The third-order valence-electron chi connectivity index (χ3n) is 0. The summed E-state index contributed by atoms with van der Waals surface area (Å²) in [6.45, 7) is 0. The SMILES string of the molecule is N.N.O=P(O)(O)Br. The van der Waals surface area contributed by atoms with Crippen LogP contribution in [0.25, 0.3) is 0 Å². The fourth-order valence-corrected chi connectivity index (χ4v) is 0. The summed E-state index contributed by atoms with van der Waals surface area (Å²) >= 11 is 2.04. The van der Waals surface area contributed by atoms with Gasteiger partial charge in [-0.1, -0.05) is 0 Å². The molecular formula is H8BrN2O3P. The van der Waals surface area contributed by atoms with Crippen molar-refractivity contribution in [2.45, 2.75) is 0 Å². The molecule has 0 aromatic heterocycles. The second-order valence-corrected chi connectivity index (χ2v) is 4.19. The average Bonchev–Trinajstić information content (AvgIpc) is 0.722. The average molecular weight is 195 g/mol. The predicted octanol–water partition coefficient (Wildman–Crippen LogP) is 0.798. The van der Waals surface area contributed by atoms with Crippen molar-refractivity contribution in [3.63, 3.8) is 0 Å². The van der Waals surface area contributed by atoms with Crippen LogP contribution in [0.5, 0.6) is 0 Å². The van der Waals surface area contributed by atoms with E-state index >= 15 is 0 Å². The molecule has 48 valence electrons. The first-order valence-corrected chi connectivity index (χ1v) is 4.38. The van der Waals surface area contributed by atoms with Crippen LogP contribution in [-0.4, -0.2) is 9.79 Å². The van der Waals surface area contributed by atoms with Crippen LogP contribution in [0.3, 0.4) is 0 Å². The summed E-state index contributed by atoms with van der Waals surface area (Å²) in [5, 5.41) is 0.